The van der Waals surface area contributed by atoms with Crippen molar-refractivity contribution < 1.29 is 4.79 Å². The zero-order valence-electron chi connectivity index (χ0n) is 9.28. The predicted octanol–water partition coefficient (Wildman–Crippen LogP) is 5.45. The molecule has 6 heteroatoms. The highest BCUT2D eigenvalue weighted by molar-refractivity contribution is 9.24. The van der Waals surface area contributed by atoms with E-state index < -0.39 is 0 Å². The van der Waals surface area contributed by atoms with Crippen LogP contribution in [0.5, 0.6) is 0 Å². The van der Waals surface area contributed by atoms with Crippen LogP contribution in [0.15, 0.2) is 24.3 Å². The van der Waals surface area contributed by atoms with Gasteiger partial charge < -0.3 is 0 Å². The van der Waals surface area contributed by atoms with Crippen LogP contribution in [-0.4, -0.2) is 10.8 Å². The number of rotatable bonds is 3. The fraction of sp³-hybridized carbons (Fsp3) is 0.167. The van der Waals surface area contributed by atoms with Crippen molar-refractivity contribution in [3.8, 4) is 10.6 Å². The lowest BCUT2D eigenvalue weighted by atomic mass is 10.2. The molecule has 18 heavy (non-hydrogen) atoms. The maximum absolute atomic E-state index is 11.6. The van der Waals surface area contributed by atoms with E-state index in [1.165, 1.54) is 11.3 Å². The summed E-state index contributed by atoms with van der Waals surface area (Å²) in [5, 5.41) is 1.50. The first-order chi connectivity index (χ1) is 8.49. The Kier molecular flexibility index (Phi) is 4.59. The van der Waals surface area contributed by atoms with Crippen LogP contribution < -0.4 is 0 Å². The quantitative estimate of drug-likeness (QED) is 0.498. The summed E-state index contributed by atoms with van der Waals surface area (Å²) >= 11 is 14.0. The average Bonchev–Trinajstić information content (AvgIpc) is 2.75. The summed E-state index contributed by atoms with van der Waals surface area (Å²) in [7, 11) is 0. The van der Waals surface area contributed by atoms with E-state index in [1.54, 1.807) is 6.92 Å². The Morgan fingerprint density at radius 2 is 1.94 bits per heavy atom. The molecule has 0 unspecified atom stereocenters. The first-order valence-corrected chi connectivity index (χ1v) is 8.07. The molecule has 0 aliphatic heterocycles. The molecule has 0 aliphatic carbocycles. The molecule has 0 aliphatic rings. The molecule has 1 aromatic heterocycles. The van der Waals surface area contributed by atoms with Gasteiger partial charge in [0.05, 0.1) is 10.6 Å². The zero-order chi connectivity index (χ0) is 13.3. The number of nitrogens with zero attached hydrogens (tertiary/aromatic N) is 1. The smallest absolute Gasteiger partial charge is 0.171 e. The summed E-state index contributed by atoms with van der Waals surface area (Å²) in [5.41, 5.74) is 1.68. The second kappa shape index (κ2) is 5.82. The summed E-state index contributed by atoms with van der Waals surface area (Å²) in [5.74, 6) is 0.0200. The van der Waals surface area contributed by atoms with E-state index in [2.05, 4.69) is 36.8 Å². The van der Waals surface area contributed by atoms with E-state index in [1.807, 2.05) is 24.3 Å². The van der Waals surface area contributed by atoms with E-state index in [9.17, 15) is 4.79 Å². The Morgan fingerprint density at radius 3 is 2.39 bits per heavy atom. The minimum absolute atomic E-state index is 0.0200. The summed E-state index contributed by atoms with van der Waals surface area (Å²) in [4.78, 5) is 16.7. The van der Waals surface area contributed by atoms with Crippen LogP contribution in [0, 0.1) is 0 Å². The van der Waals surface area contributed by atoms with Gasteiger partial charge in [-0.05, 0) is 12.1 Å². The van der Waals surface area contributed by atoms with Crippen LogP contribution >= 0.6 is 54.8 Å². The fourth-order valence-electron chi connectivity index (χ4n) is 1.45. The average molecular weight is 410 g/mol. The molecule has 0 bridgehead atoms. The highest BCUT2D eigenvalue weighted by atomic mass is 79.9. The molecule has 0 radical (unpaired) electrons. The van der Waals surface area contributed by atoms with Gasteiger partial charge >= 0.3 is 0 Å². The minimum Gasteiger partial charge on any atom is -0.294 e. The number of benzene rings is 1. The maximum atomic E-state index is 11.6. The van der Waals surface area contributed by atoms with Crippen molar-refractivity contribution in [3.05, 3.63) is 39.9 Å². The second-order valence-corrected chi connectivity index (χ2v) is 8.09. The van der Waals surface area contributed by atoms with E-state index in [-0.39, 0.29) is 9.52 Å². The summed E-state index contributed by atoms with van der Waals surface area (Å²) in [6.45, 7) is 1.55. The van der Waals surface area contributed by atoms with Crippen molar-refractivity contribution in [1.82, 2.24) is 4.98 Å². The van der Waals surface area contributed by atoms with Gasteiger partial charge in [-0.15, -0.1) is 11.3 Å². The normalized spacial score (nSPS) is 10.9. The van der Waals surface area contributed by atoms with Gasteiger partial charge in [0.2, 0.25) is 0 Å². The van der Waals surface area contributed by atoms with Gasteiger partial charge in [-0.2, -0.15) is 0 Å². The van der Waals surface area contributed by atoms with Crippen LogP contribution in [0.3, 0.4) is 0 Å². The number of hydrogen-bond acceptors (Lipinski definition) is 3. The molecule has 0 atom stereocenters. The van der Waals surface area contributed by atoms with Crippen LogP contribution in [-0.2, 0) is 0 Å². The third-order valence-corrected chi connectivity index (χ3v) is 4.61. The molecule has 0 saturated heterocycles. The number of Topliss-reactive ketones (excluding diaryl/α,β-unsaturated/α-hetero) is 1. The topological polar surface area (TPSA) is 30.0 Å². The number of carbonyl (C=O) groups excluding carboxylic acids is 1. The zero-order valence-corrected chi connectivity index (χ0v) is 14.0. The van der Waals surface area contributed by atoms with Crippen LogP contribution in [0.25, 0.3) is 10.6 Å². The van der Waals surface area contributed by atoms with Gasteiger partial charge in [-0.25, -0.2) is 4.98 Å². The molecule has 2 nitrogen and oxygen atoms in total. The number of aromatic nitrogens is 1. The van der Waals surface area contributed by atoms with Crippen molar-refractivity contribution >= 4 is 60.6 Å². The number of ketones is 1. The molecular weight excluding hydrogens is 401 g/mol. The summed E-state index contributed by atoms with van der Waals surface area (Å²) in [6.07, 6.45) is 0. The lowest BCUT2D eigenvalue weighted by molar-refractivity contribution is 0.102. The van der Waals surface area contributed by atoms with Gasteiger partial charge in [0.25, 0.3) is 0 Å². The number of halogens is 3. The largest absolute Gasteiger partial charge is 0.294 e. The van der Waals surface area contributed by atoms with Crippen molar-refractivity contribution in [2.24, 2.45) is 0 Å². The summed E-state index contributed by atoms with van der Waals surface area (Å²) in [6, 6.07) is 7.41. The first-order valence-electron chi connectivity index (χ1n) is 5.05. The lowest BCUT2D eigenvalue weighted by Gasteiger charge is -1.98. The van der Waals surface area contributed by atoms with Crippen LogP contribution in [0.2, 0.25) is 5.02 Å². The van der Waals surface area contributed by atoms with Crippen molar-refractivity contribution in [3.63, 3.8) is 0 Å². The molecular formula is C12H8Br2ClNOS. The van der Waals surface area contributed by atoms with Crippen LogP contribution in [0.1, 0.15) is 26.0 Å². The Hall–Kier alpha value is -0.230. The molecule has 0 amide bonds. The molecule has 2 rings (SSSR count). The summed E-state index contributed by atoms with van der Waals surface area (Å²) < 4.78 is -0.124. The van der Waals surface area contributed by atoms with Gasteiger partial charge in [0.15, 0.2) is 5.78 Å². The molecule has 0 N–H and O–H groups in total. The second-order valence-electron chi connectivity index (χ2n) is 3.60. The van der Waals surface area contributed by atoms with Gasteiger partial charge in [0, 0.05) is 17.5 Å². The Bertz CT molecular complexity index is 580. The molecule has 1 aromatic carbocycles. The third-order valence-electron chi connectivity index (χ3n) is 2.27. The van der Waals surface area contributed by atoms with E-state index in [0.717, 1.165) is 16.3 Å². The molecule has 2 aromatic rings. The maximum Gasteiger partial charge on any atom is 0.171 e. The molecule has 1 heterocycles. The van der Waals surface area contributed by atoms with E-state index in [0.29, 0.717) is 9.90 Å². The Morgan fingerprint density at radius 1 is 1.33 bits per heavy atom. The third kappa shape index (κ3) is 3.02. The number of thiazole rings is 1. The van der Waals surface area contributed by atoms with E-state index >= 15 is 0 Å². The van der Waals surface area contributed by atoms with Gasteiger partial charge in [-0.1, -0.05) is 55.6 Å². The Balaban J connectivity index is 2.49. The number of carbonyl (C=O) groups is 1. The molecule has 0 spiro atoms. The molecule has 94 valence electrons. The minimum atomic E-state index is -0.124. The first kappa shape index (κ1) is 14.2. The van der Waals surface area contributed by atoms with Crippen molar-refractivity contribution in [2.75, 3.05) is 0 Å². The monoisotopic (exact) mass is 407 g/mol. The number of alkyl halides is 2. The van der Waals surface area contributed by atoms with Gasteiger partial charge in [0.1, 0.15) is 8.74 Å². The lowest BCUT2D eigenvalue weighted by Crippen LogP contribution is -1.94. The number of hydrogen-bond donors (Lipinski definition) is 0. The van der Waals surface area contributed by atoms with Crippen molar-refractivity contribution in [1.29, 1.82) is 0 Å². The Labute approximate surface area is 131 Å². The molecule has 0 saturated carbocycles. The highest BCUT2D eigenvalue weighted by Gasteiger charge is 2.19. The van der Waals surface area contributed by atoms with Gasteiger partial charge in [-0.3, -0.25) is 4.79 Å². The molecule has 0 fully saturated rings. The van der Waals surface area contributed by atoms with E-state index in [4.69, 9.17) is 11.6 Å². The SMILES string of the molecule is CC(=O)c1sc(-c2ccc(Cl)cc2)nc1C(Br)Br. The van der Waals surface area contributed by atoms with Crippen molar-refractivity contribution in [2.45, 2.75) is 10.7 Å². The standard InChI is InChI=1S/C12H8Br2ClNOS/c1-6(17)10-9(11(13)14)16-12(18-10)7-2-4-8(15)5-3-7/h2-5,11H,1H3. The highest BCUT2D eigenvalue weighted by Crippen LogP contribution is 2.37. The van der Waals surface area contributed by atoms with Crippen LogP contribution in [0.4, 0.5) is 0 Å². The fourth-order valence-corrected chi connectivity index (χ4v) is 3.54. The predicted molar refractivity (Wildman–Crippen MR) is 83.2 cm³/mol.